The maximum atomic E-state index is 13.5. The van der Waals surface area contributed by atoms with Crippen molar-refractivity contribution in [3.8, 4) is 0 Å². The van der Waals surface area contributed by atoms with E-state index in [9.17, 15) is 14.7 Å². The zero-order valence-electron chi connectivity index (χ0n) is 20.0. The van der Waals surface area contributed by atoms with Crippen LogP contribution in [0.15, 0.2) is 28.5 Å². The highest BCUT2D eigenvalue weighted by Gasteiger charge is 2.48. The Morgan fingerprint density at radius 3 is 2.65 bits per heavy atom. The molecule has 2 saturated heterocycles. The molecule has 0 radical (unpaired) electrons. The molecule has 2 fully saturated rings. The van der Waals surface area contributed by atoms with E-state index in [4.69, 9.17) is 11.7 Å². The highest BCUT2D eigenvalue weighted by atomic mass is 16.3. The summed E-state index contributed by atoms with van der Waals surface area (Å²) in [6, 6.07) is 3.55. The molecule has 0 saturated carbocycles. The number of pyridine rings is 1. The lowest BCUT2D eigenvalue weighted by atomic mass is 9.79. The van der Waals surface area contributed by atoms with E-state index in [0.717, 1.165) is 55.6 Å². The first-order valence-corrected chi connectivity index (χ1v) is 12.0. The minimum Gasteiger partial charge on any atom is -0.387 e. The predicted octanol–water partition coefficient (Wildman–Crippen LogP) is 1.35. The summed E-state index contributed by atoms with van der Waals surface area (Å²) >= 11 is 0. The van der Waals surface area contributed by atoms with E-state index in [0.29, 0.717) is 37.4 Å². The number of aliphatic hydroxyl groups is 1. The van der Waals surface area contributed by atoms with Gasteiger partial charge >= 0.3 is 0 Å². The van der Waals surface area contributed by atoms with Crippen molar-refractivity contribution in [2.24, 2.45) is 22.2 Å². The topological polar surface area (TPSA) is 141 Å². The number of β-amino-alcohol motifs (C(OH)–C–C–N with tert-alkyl or cyclic N) is 1. The van der Waals surface area contributed by atoms with Gasteiger partial charge in [0, 0.05) is 42.0 Å². The summed E-state index contributed by atoms with van der Waals surface area (Å²) in [4.78, 5) is 34.0. The van der Waals surface area contributed by atoms with E-state index in [1.807, 2.05) is 24.8 Å². The maximum Gasteiger partial charge on any atom is 0.233 e. The number of carbonyl (C=O) groups is 2. The van der Waals surface area contributed by atoms with Crippen LogP contribution in [0, 0.1) is 12.3 Å². The fourth-order valence-electron chi connectivity index (χ4n) is 5.61. The Labute approximate surface area is 200 Å². The Kier molecular flexibility index (Phi) is 7.01. The van der Waals surface area contributed by atoms with Gasteiger partial charge in [-0.15, -0.1) is 0 Å². The average molecular weight is 470 g/mol. The van der Waals surface area contributed by atoms with E-state index >= 15 is 0 Å². The first kappa shape index (κ1) is 24.3. The van der Waals surface area contributed by atoms with Crippen LogP contribution >= 0.6 is 0 Å². The van der Waals surface area contributed by atoms with Gasteiger partial charge < -0.3 is 20.7 Å². The molecule has 2 unspecified atom stereocenters. The monoisotopic (exact) mass is 469 g/mol. The molecular formula is C24H35N7O3. The van der Waals surface area contributed by atoms with Crippen molar-refractivity contribution >= 4 is 23.8 Å². The molecule has 184 valence electrons. The molecular weight excluding hydrogens is 434 g/mol. The molecule has 1 amide bonds. The molecule has 1 aliphatic carbocycles. The van der Waals surface area contributed by atoms with Crippen LogP contribution in [-0.4, -0.2) is 64.1 Å². The van der Waals surface area contributed by atoms with Gasteiger partial charge in [0.05, 0.1) is 11.5 Å². The fourth-order valence-corrected chi connectivity index (χ4v) is 5.61. The van der Waals surface area contributed by atoms with Crippen molar-refractivity contribution < 1.29 is 14.7 Å². The van der Waals surface area contributed by atoms with Gasteiger partial charge in [0.25, 0.3) is 0 Å². The number of aromatic nitrogens is 1. The molecule has 10 heteroatoms. The number of likely N-dealkylation sites (tertiary alicyclic amines) is 2. The minimum atomic E-state index is -0.696. The van der Waals surface area contributed by atoms with Crippen molar-refractivity contribution in [2.45, 2.75) is 58.5 Å². The molecule has 0 bridgehead atoms. The van der Waals surface area contributed by atoms with Gasteiger partial charge in [-0.3, -0.25) is 9.59 Å². The van der Waals surface area contributed by atoms with Crippen LogP contribution in [0.5, 0.6) is 0 Å². The number of hydrazine groups is 1. The van der Waals surface area contributed by atoms with Gasteiger partial charge in [-0.05, 0) is 65.1 Å². The highest BCUT2D eigenvalue weighted by Crippen LogP contribution is 2.44. The number of hydrogen-bond donors (Lipinski definition) is 3. The van der Waals surface area contributed by atoms with E-state index in [1.54, 1.807) is 6.07 Å². The second kappa shape index (κ2) is 9.81. The lowest BCUT2D eigenvalue weighted by Gasteiger charge is -2.28. The van der Waals surface area contributed by atoms with E-state index in [1.165, 1.54) is 11.3 Å². The van der Waals surface area contributed by atoms with Crippen LogP contribution in [0.2, 0.25) is 0 Å². The number of amides is 1. The molecule has 2 aliphatic heterocycles. The van der Waals surface area contributed by atoms with E-state index in [-0.39, 0.29) is 17.1 Å². The molecule has 5 N–H and O–H groups in total. The predicted molar refractivity (Wildman–Crippen MR) is 129 cm³/mol. The van der Waals surface area contributed by atoms with Gasteiger partial charge in [0.15, 0.2) is 5.78 Å². The van der Waals surface area contributed by atoms with Crippen LogP contribution in [0.4, 0.5) is 5.82 Å². The second-order valence-corrected chi connectivity index (χ2v) is 9.67. The van der Waals surface area contributed by atoms with Crippen LogP contribution in [0.25, 0.3) is 0 Å². The summed E-state index contributed by atoms with van der Waals surface area (Å²) in [5.74, 6) is 11.8. The summed E-state index contributed by atoms with van der Waals surface area (Å²) in [6.45, 7) is 6.45. The molecule has 1 aromatic rings. The number of aryl methyl sites for hydroxylation is 1. The third-order valence-electron chi connectivity index (χ3n) is 7.67. The quantitative estimate of drug-likeness (QED) is 0.245. The molecule has 3 heterocycles. The van der Waals surface area contributed by atoms with Crippen molar-refractivity contribution in [3.05, 3.63) is 34.7 Å². The van der Waals surface area contributed by atoms with Crippen molar-refractivity contribution in [3.63, 3.8) is 0 Å². The number of ketones is 1. The SMILES string of the molecule is CC1=C(N2CCC3(CCCN(CC(O)c4ccc(N(N)/C=N\N)nc4C)CC3)C2=O)CCC1=O. The normalized spacial score (nSPS) is 25.1. The molecule has 4 rings (SSSR count). The Hall–Kier alpha value is -2.82. The molecule has 34 heavy (non-hydrogen) atoms. The second-order valence-electron chi connectivity index (χ2n) is 9.67. The first-order valence-electron chi connectivity index (χ1n) is 12.0. The minimum absolute atomic E-state index is 0.161. The number of Topliss-reactive ketones (excluding diaryl/α,β-unsaturated/α-hetero) is 1. The smallest absolute Gasteiger partial charge is 0.233 e. The van der Waals surface area contributed by atoms with Crippen LogP contribution in [0.1, 0.15) is 62.8 Å². The largest absolute Gasteiger partial charge is 0.387 e. The third-order valence-corrected chi connectivity index (χ3v) is 7.67. The summed E-state index contributed by atoms with van der Waals surface area (Å²) in [5.41, 5.74) is 2.77. The number of aliphatic hydroxyl groups excluding tert-OH is 1. The highest BCUT2D eigenvalue weighted by molar-refractivity contribution is 5.99. The number of nitrogens with zero attached hydrogens (tertiary/aromatic N) is 5. The Morgan fingerprint density at radius 1 is 1.21 bits per heavy atom. The summed E-state index contributed by atoms with van der Waals surface area (Å²) < 4.78 is 0. The van der Waals surface area contributed by atoms with Gasteiger partial charge in [0.2, 0.25) is 5.91 Å². The molecule has 1 aromatic heterocycles. The number of hydrogen-bond acceptors (Lipinski definition) is 8. The van der Waals surface area contributed by atoms with Gasteiger partial charge in [-0.25, -0.2) is 15.8 Å². The number of hydrazone groups is 1. The molecule has 1 spiro atoms. The fraction of sp³-hybridized carbons (Fsp3) is 0.583. The summed E-state index contributed by atoms with van der Waals surface area (Å²) in [5, 5.41) is 15.6. The van der Waals surface area contributed by atoms with E-state index < -0.39 is 6.10 Å². The van der Waals surface area contributed by atoms with E-state index in [2.05, 4.69) is 15.0 Å². The Bertz CT molecular complexity index is 1020. The van der Waals surface area contributed by atoms with Gasteiger partial charge in [0.1, 0.15) is 12.2 Å². The maximum absolute atomic E-state index is 13.5. The first-order chi connectivity index (χ1) is 16.3. The number of anilines is 1. The molecule has 0 aromatic carbocycles. The lowest BCUT2D eigenvalue weighted by molar-refractivity contribution is -0.135. The number of rotatable bonds is 6. The molecule has 3 aliphatic rings. The van der Waals surface area contributed by atoms with Crippen LogP contribution in [-0.2, 0) is 9.59 Å². The standard InChI is InChI=1S/C24H35N7O3/c1-16-19(5-6-20(16)32)30-13-10-24(23(30)34)8-3-11-29(12-9-24)14-21(33)18-4-7-22(28-17(18)2)31(26)15-27-25/h4,7,15,21,33H,3,5-6,8-14,25-26H2,1-2H3/b27-15-. The zero-order chi connectivity index (χ0) is 24.5. The molecule has 2 atom stereocenters. The molecule has 10 nitrogen and oxygen atoms in total. The number of carbonyl (C=O) groups excluding carboxylic acids is 2. The Balaban J connectivity index is 1.39. The summed E-state index contributed by atoms with van der Waals surface area (Å²) in [7, 11) is 0. The van der Waals surface area contributed by atoms with Crippen LogP contribution in [0.3, 0.4) is 0 Å². The van der Waals surface area contributed by atoms with Crippen molar-refractivity contribution in [1.29, 1.82) is 0 Å². The lowest BCUT2D eigenvalue weighted by Crippen LogP contribution is -2.36. The van der Waals surface area contributed by atoms with Gasteiger partial charge in [-0.1, -0.05) is 6.07 Å². The third kappa shape index (κ3) is 4.57. The van der Waals surface area contributed by atoms with Crippen molar-refractivity contribution in [1.82, 2.24) is 14.8 Å². The van der Waals surface area contributed by atoms with Crippen molar-refractivity contribution in [2.75, 3.05) is 31.2 Å². The average Bonchev–Trinajstić information content (AvgIpc) is 3.21. The summed E-state index contributed by atoms with van der Waals surface area (Å²) in [6.07, 6.45) is 5.11. The number of allylic oxidation sites excluding steroid dienone is 2. The Morgan fingerprint density at radius 2 is 1.97 bits per heavy atom. The van der Waals surface area contributed by atoms with Gasteiger partial charge in [-0.2, -0.15) is 5.10 Å². The van der Waals surface area contributed by atoms with Crippen LogP contribution < -0.4 is 16.7 Å². The number of nitrogens with two attached hydrogens (primary N) is 2. The zero-order valence-corrected chi connectivity index (χ0v) is 20.0.